The van der Waals surface area contributed by atoms with Gasteiger partial charge in [-0.15, -0.1) is 0 Å². The molecule has 0 aliphatic heterocycles. The van der Waals surface area contributed by atoms with Crippen molar-refractivity contribution >= 4 is 10.0 Å². The van der Waals surface area contributed by atoms with Crippen molar-refractivity contribution in [2.75, 3.05) is 0 Å². The number of hydrogen-bond donors (Lipinski definition) is 1. The van der Waals surface area contributed by atoms with Gasteiger partial charge in [-0.25, -0.2) is 23.5 Å². The summed E-state index contributed by atoms with van der Waals surface area (Å²) in [5, 5.41) is 5.08. The van der Waals surface area contributed by atoms with Crippen LogP contribution in [0.3, 0.4) is 0 Å². The summed E-state index contributed by atoms with van der Waals surface area (Å²) < 4.78 is 22.6. The average Bonchev–Trinajstić information content (AvgIpc) is 2.29. The number of nitrogens with two attached hydrogens (primary N) is 1. The standard InChI is InChI=1S/C9H8N4O2S/c10-16(14,15)8-2-1-4-12-9(8)7-3-5-11-6-13-7/h1-6H,(H2,10,14,15). The van der Waals surface area contributed by atoms with Crippen LogP contribution >= 0.6 is 0 Å². The summed E-state index contributed by atoms with van der Waals surface area (Å²) in [6.45, 7) is 0. The second-order valence-electron chi connectivity index (χ2n) is 2.99. The van der Waals surface area contributed by atoms with Gasteiger partial charge in [0.15, 0.2) is 0 Å². The molecule has 16 heavy (non-hydrogen) atoms. The van der Waals surface area contributed by atoms with E-state index < -0.39 is 10.0 Å². The lowest BCUT2D eigenvalue weighted by molar-refractivity contribution is 0.597. The Balaban J connectivity index is 2.68. The first-order valence-corrected chi connectivity index (χ1v) is 5.88. The Morgan fingerprint density at radius 2 is 1.94 bits per heavy atom. The van der Waals surface area contributed by atoms with E-state index in [4.69, 9.17) is 5.14 Å². The monoisotopic (exact) mass is 236 g/mol. The van der Waals surface area contributed by atoms with Crippen molar-refractivity contribution in [1.82, 2.24) is 15.0 Å². The largest absolute Gasteiger partial charge is 0.253 e. The molecule has 0 amide bonds. The molecule has 7 heteroatoms. The maximum Gasteiger partial charge on any atom is 0.240 e. The van der Waals surface area contributed by atoms with Crippen LogP contribution in [0.1, 0.15) is 0 Å². The van der Waals surface area contributed by atoms with Gasteiger partial charge in [0.25, 0.3) is 0 Å². The van der Waals surface area contributed by atoms with Crippen molar-refractivity contribution in [3.8, 4) is 11.4 Å². The maximum atomic E-state index is 11.3. The smallest absolute Gasteiger partial charge is 0.240 e. The molecule has 0 saturated carbocycles. The summed E-state index contributed by atoms with van der Waals surface area (Å²) in [6.07, 6.45) is 4.30. The van der Waals surface area contributed by atoms with Gasteiger partial charge in [0.1, 0.15) is 16.9 Å². The molecule has 2 aromatic rings. The molecule has 0 fully saturated rings. The maximum absolute atomic E-state index is 11.3. The fourth-order valence-electron chi connectivity index (χ4n) is 1.24. The number of primary sulfonamides is 1. The normalized spacial score (nSPS) is 11.3. The highest BCUT2D eigenvalue weighted by molar-refractivity contribution is 7.89. The highest BCUT2D eigenvalue weighted by atomic mass is 32.2. The third kappa shape index (κ3) is 2.05. The lowest BCUT2D eigenvalue weighted by Gasteiger charge is -2.04. The van der Waals surface area contributed by atoms with Crippen LogP contribution in [-0.2, 0) is 10.0 Å². The molecule has 0 bridgehead atoms. The summed E-state index contributed by atoms with van der Waals surface area (Å²) in [5.74, 6) is 0. The molecule has 2 heterocycles. The van der Waals surface area contributed by atoms with E-state index in [0.717, 1.165) is 0 Å². The van der Waals surface area contributed by atoms with Crippen molar-refractivity contribution < 1.29 is 8.42 Å². The molecular weight excluding hydrogens is 228 g/mol. The van der Waals surface area contributed by atoms with Gasteiger partial charge in [-0.1, -0.05) is 0 Å². The van der Waals surface area contributed by atoms with E-state index in [2.05, 4.69) is 15.0 Å². The summed E-state index contributed by atoms with van der Waals surface area (Å²) in [6, 6.07) is 4.46. The molecule has 2 rings (SSSR count). The van der Waals surface area contributed by atoms with Crippen LogP contribution in [0.15, 0.2) is 41.8 Å². The third-order valence-corrected chi connectivity index (χ3v) is 2.84. The predicted octanol–water partition coefficient (Wildman–Crippen LogP) is 0.186. The van der Waals surface area contributed by atoms with Crippen LogP contribution in [0.5, 0.6) is 0 Å². The van der Waals surface area contributed by atoms with Crippen molar-refractivity contribution in [3.05, 3.63) is 36.9 Å². The summed E-state index contributed by atoms with van der Waals surface area (Å²) >= 11 is 0. The van der Waals surface area contributed by atoms with Gasteiger partial charge in [0, 0.05) is 12.4 Å². The first kappa shape index (κ1) is 10.7. The molecule has 0 unspecified atom stereocenters. The van der Waals surface area contributed by atoms with E-state index in [1.807, 2.05) is 0 Å². The number of aromatic nitrogens is 3. The van der Waals surface area contributed by atoms with E-state index >= 15 is 0 Å². The quantitative estimate of drug-likeness (QED) is 0.802. The molecule has 6 nitrogen and oxygen atoms in total. The average molecular weight is 236 g/mol. The topological polar surface area (TPSA) is 98.8 Å². The van der Waals surface area contributed by atoms with Gasteiger partial charge in [0.05, 0.1) is 5.69 Å². The Hall–Kier alpha value is -1.86. The second-order valence-corrected chi connectivity index (χ2v) is 4.52. The second kappa shape index (κ2) is 3.95. The first-order chi connectivity index (χ1) is 7.59. The van der Waals surface area contributed by atoms with E-state index in [1.54, 1.807) is 6.07 Å². The summed E-state index contributed by atoms with van der Waals surface area (Å²) in [7, 11) is -3.80. The minimum absolute atomic E-state index is 0.0475. The number of rotatable bonds is 2. The molecule has 0 aliphatic carbocycles. The van der Waals surface area contributed by atoms with Gasteiger partial charge in [-0.2, -0.15) is 0 Å². The van der Waals surface area contributed by atoms with E-state index in [-0.39, 0.29) is 10.6 Å². The minimum Gasteiger partial charge on any atom is -0.253 e. The van der Waals surface area contributed by atoms with Gasteiger partial charge < -0.3 is 0 Å². The van der Waals surface area contributed by atoms with Crippen LogP contribution in [0, 0.1) is 0 Å². The molecule has 0 radical (unpaired) electrons. The Kier molecular flexibility index (Phi) is 2.63. The zero-order valence-electron chi connectivity index (χ0n) is 8.11. The summed E-state index contributed by atoms with van der Waals surface area (Å²) in [5.41, 5.74) is 0.645. The van der Waals surface area contributed by atoms with E-state index in [0.29, 0.717) is 5.69 Å². The van der Waals surface area contributed by atoms with Gasteiger partial charge in [-0.3, -0.25) is 4.98 Å². The first-order valence-electron chi connectivity index (χ1n) is 4.33. The Bertz CT molecular complexity index is 598. The van der Waals surface area contributed by atoms with Crippen LogP contribution in [0.4, 0.5) is 0 Å². The van der Waals surface area contributed by atoms with E-state index in [9.17, 15) is 8.42 Å². The van der Waals surface area contributed by atoms with Crippen LogP contribution in [-0.4, -0.2) is 23.4 Å². The Morgan fingerprint density at radius 3 is 2.56 bits per heavy atom. The molecule has 0 saturated heterocycles. The van der Waals surface area contributed by atoms with Crippen molar-refractivity contribution in [2.24, 2.45) is 5.14 Å². The lowest BCUT2D eigenvalue weighted by Crippen LogP contribution is -2.14. The van der Waals surface area contributed by atoms with Crippen LogP contribution < -0.4 is 5.14 Å². The SMILES string of the molecule is NS(=O)(=O)c1cccnc1-c1ccncn1. The zero-order valence-corrected chi connectivity index (χ0v) is 8.92. The fraction of sp³-hybridized carbons (Fsp3) is 0. The molecular formula is C9H8N4O2S. The van der Waals surface area contributed by atoms with Crippen molar-refractivity contribution in [1.29, 1.82) is 0 Å². The van der Waals surface area contributed by atoms with Crippen molar-refractivity contribution in [2.45, 2.75) is 4.90 Å². The number of pyridine rings is 1. The van der Waals surface area contributed by atoms with Crippen LogP contribution in [0.2, 0.25) is 0 Å². The molecule has 82 valence electrons. The number of hydrogen-bond acceptors (Lipinski definition) is 5. The molecule has 0 atom stereocenters. The van der Waals surface area contributed by atoms with Crippen LogP contribution in [0.25, 0.3) is 11.4 Å². The molecule has 0 aromatic carbocycles. The minimum atomic E-state index is -3.80. The third-order valence-electron chi connectivity index (χ3n) is 1.90. The fourth-order valence-corrected chi connectivity index (χ4v) is 1.94. The van der Waals surface area contributed by atoms with Crippen molar-refractivity contribution in [3.63, 3.8) is 0 Å². The van der Waals surface area contributed by atoms with E-state index in [1.165, 1.54) is 30.9 Å². The predicted molar refractivity (Wildman–Crippen MR) is 56.6 cm³/mol. The molecule has 0 aliphatic rings. The Morgan fingerprint density at radius 1 is 1.12 bits per heavy atom. The molecule has 2 N–H and O–H groups in total. The number of sulfonamides is 1. The summed E-state index contributed by atoms with van der Waals surface area (Å²) in [4.78, 5) is 11.6. The number of nitrogens with zero attached hydrogens (tertiary/aromatic N) is 3. The molecule has 0 spiro atoms. The molecule has 2 aromatic heterocycles. The van der Waals surface area contributed by atoms with Gasteiger partial charge in [0.2, 0.25) is 10.0 Å². The van der Waals surface area contributed by atoms with Gasteiger partial charge in [-0.05, 0) is 18.2 Å². The van der Waals surface area contributed by atoms with Gasteiger partial charge >= 0.3 is 0 Å². The zero-order chi connectivity index (χ0) is 11.6. The Labute approximate surface area is 92.2 Å². The highest BCUT2D eigenvalue weighted by Gasteiger charge is 2.16. The lowest BCUT2D eigenvalue weighted by atomic mass is 10.2. The highest BCUT2D eigenvalue weighted by Crippen LogP contribution is 2.20.